The standard InChI is InChI=1S/C20H29N5O6S/c1-8-15-14(9(2)23-13(27)6-12(21)26)19(29)25(15)16(20(30)31)17(8)32-10-5-11(22-7-10)18(28)24(3)4/h8-11,14-15,22H,5-7H2,1-4H3,(H2,21,26)(H,23,27)(H,30,31)/t8-,9?,10+,11+,14-,15-/m1/s1. The van der Waals surface area contributed by atoms with E-state index in [1.54, 1.807) is 21.0 Å². The number of nitrogens with zero attached hydrogens (tertiary/aromatic N) is 2. The van der Waals surface area contributed by atoms with Crippen LogP contribution >= 0.6 is 11.8 Å². The second kappa shape index (κ2) is 9.10. The average molecular weight is 468 g/mol. The first kappa shape index (κ1) is 24.1. The zero-order chi connectivity index (χ0) is 23.9. The van der Waals surface area contributed by atoms with Gasteiger partial charge >= 0.3 is 5.97 Å². The summed E-state index contributed by atoms with van der Waals surface area (Å²) >= 11 is 1.40. The molecule has 0 aromatic heterocycles. The predicted molar refractivity (Wildman–Crippen MR) is 116 cm³/mol. The zero-order valence-corrected chi connectivity index (χ0v) is 19.3. The Labute approximate surface area is 190 Å². The van der Waals surface area contributed by atoms with Crippen LogP contribution in [-0.4, -0.2) is 88.5 Å². The molecule has 3 rings (SSSR count). The van der Waals surface area contributed by atoms with E-state index < -0.39 is 42.2 Å². The normalized spacial score (nSPS) is 29.9. The Kier molecular flexibility index (Phi) is 6.84. The summed E-state index contributed by atoms with van der Waals surface area (Å²) in [7, 11) is 3.38. The Morgan fingerprint density at radius 1 is 1.34 bits per heavy atom. The van der Waals surface area contributed by atoms with Crippen LogP contribution in [0.25, 0.3) is 0 Å². The smallest absolute Gasteiger partial charge is 0.353 e. The Morgan fingerprint density at radius 3 is 2.56 bits per heavy atom. The molecule has 176 valence electrons. The molecule has 3 aliphatic rings. The molecule has 4 amide bonds. The van der Waals surface area contributed by atoms with Crippen LogP contribution in [0, 0.1) is 11.8 Å². The second-order valence-electron chi connectivity index (χ2n) is 8.70. The molecule has 2 fully saturated rings. The first-order valence-corrected chi connectivity index (χ1v) is 11.3. The minimum Gasteiger partial charge on any atom is -0.477 e. The van der Waals surface area contributed by atoms with Gasteiger partial charge in [-0.15, -0.1) is 11.8 Å². The van der Waals surface area contributed by atoms with E-state index in [0.717, 1.165) is 0 Å². The van der Waals surface area contributed by atoms with Gasteiger partial charge in [-0.05, 0) is 13.3 Å². The third kappa shape index (κ3) is 4.33. The lowest BCUT2D eigenvalue weighted by atomic mass is 9.78. The maximum absolute atomic E-state index is 12.9. The maximum atomic E-state index is 12.9. The minimum atomic E-state index is -1.18. The zero-order valence-electron chi connectivity index (χ0n) is 18.5. The van der Waals surface area contributed by atoms with Crippen molar-refractivity contribution in [3.05, 3.63) is 10.6 Å². The molecule has 12 heteroatoms. The van der Waals surface area contributed by atoms with Crippen molar-refractivity contribution in [1.82, 2.24) is 20.4 Å². The first-order valence-electron chi connectivity index (χ1n) is 10.4. The molecule has 0 saturated carbocycles. The van der Waals surface area contributed by atoms with Crippen LogP contribution in [0.15, 0.2) is 10.6 Å². The largest absolute Gasteiger partial charge is 0.477 e. The Balaban J connectivity index is 1.73. The number of hydrogen-bond acceptors (Lipinski definition) is 7. The van der Waals surface area contributed by atoms with Gasteiger partial charge < -0.3 is 31.3 Å². The number of hydrogen-bond donors (Lipinski definition) is 4. The van der Waals surface area contributed by atoms with Crippen molar-refractivity contribution in [3.63, 3.8) is 0 Å². The van der Waals surface area contributed by atoms with Gasteiger partial charge in [0.15, 0.2) is 0 Å². The van der Waals surface area contributed by atoms with Crippen molar-refractivity contribution in [2.24, 2.45) is 17.6 Å². The summed E-state index contributed by atoms with van der Waals surface area (Å²) in [4.78, 5) is 63.4. The highest BCUT2D eigenvalue weighted by Gasteiger charge is 2.60. The van der Waals surface area contributed by atoms with Gasteiger partial charge in [0.2, 0.25) is 23.6 Å². The molecule has 0 bridgehead atoms. The second-order valence-corrected chi connectivity index (χ2v) is 10.0. The Hall–Kier alpha value is -2.60. The number of fused-ring (bicyclic) bond motifs is 1. The van der Waals surface area contributed by atoms with E-state index in [1.165, 1.54) is 21.6 Å². The lowest BCUT2D eigenvalue weighted by Gasteiger charge is -2.47. The van der Waals surface area contributed by atoms with Crippen LogP contribution in [0.5, 0.6) is 0 Å². The highest BCUT2D eigenvalue weighted by atomic mass is 32.2. The molecule has 3 aliphatic heterocycles. The number of aliphatic carboxylic acids is 1. The van der Waals surface area contributed by atoms with Gasteiger partial charge in [0, 0.05) is 42.8 Å². The SMILES string of the molecule is CC(NC(=O)CC(N)=O)[C@H]1C(=O)N2C(C(=O)O)=C(S[C@@H]3CN[C@H](C(=O)N(C)C)C3)[C@H](C)[C@H]12. The third-order valence-electron chi connectivity index (χ3n) is 6.18. The number of thioether (sulfide) groups is 1. The average Bonchev–Trinajstić information content (AvgIpc) is 3.22. The van der Waals surface area contributed by atoms with Crippen LogP contribution in [-0.2, 0) is 24.0 Å². The van der Waals surface area contributed by atoms with Gasteiger partial charge in [-0.3, -0.25) is 19.2 Å². The summed E-state index contributed by atoms with van der Waals surface area (Å²) in [5, 5.41) is 15.6. The van der Waals surface area contributed by atoms with E-state index in [0.29, 0.717) is 17.9 Å². The number of primary amides is 1. The van der Waals surface area contributed by atoms with Crippen molar-refractivity contribution >= 4 is 41.4 Å². The fourth-order valence-corrected chi connectivity index (χ4v) is 6.20. The van der Waals surface area contributed by atoms with Gasteiger partial charge in [0.25, 0.3) is 0 Å². The molecule has 32 heavy (non-hydrogen) atoms. The van der Waals surface area contributed by atoms with Crippen molar-refractivity contribution < 1.29 is 29.1 Å². The van der Waals surface area contributed by atoms with Gasteiger partial charge in [0.05, 0.1) is 18.0 Å². The van der Waals surface area contributed by atoms with Crippen molar-refractivity contribution in [2.75, 3.05) is 20.6 Å². The number of carbonyl (C=O) groups is 5. The van der Waals surface area contributed by atoms with Crippen LogP contribution < -0.4 is 16.4 Å². The molecular weight excluding hydrogens is 438 g/mol. The number of carboxylic acids is 1. The maximum Gasteiger partial charge on any atom is 0.353 e. The molecular formula is C20H29N5O6S. The number of amides is 4. The van der Waals surface area contributed by atoms with Crippen molar-refractivity contribution in [3.8, 4) is 0 Å². The van der Waals surface area contributed by atoms with Crippen molar-refractivity contribution in [2.45, 2.75) is 50.1 Å². The number of carboxylic acid groups (broad SMARTS) is 1. The van der Waals surface area contributed by atoms with Crippen LogP contribution in [0.2, 0.25) is 0 Å². The molecule has 0 radical (unpaired) electrons. The molecule has 3 heterocycles. The van der Waals surface area contributed by atoms with Gasteiger partial charge in [-0.25, -0.2) is 4.79 Å². The molecule has 2 saturated heterocycles. The number of carbonyl (C=O) groups excluding carboxylic acids is 4. The highest BCUT2D eigenvalue weighted by Crippen LogP contribution is 2.51. The minimum absolute atomic E-state index is 0.00403. The summed E-state index contributed by atoms with van der Waals surface area (Å²) in [6.07, 6.45) is 0.0862. The van der Waals surface area contributed by atoms with E-state index >= 15 is 0 Å². The van der Waals surface area contributed by atoms with E-state index in [-0.39, 0.29) is 34.7 Å². The van der Waals surface area contributed by atoms with Crippen molar-refractivity contribution in [1.29, 1.82) is 0 Å². The fourth-order valence-electron chi connectivity index (χ4n) is 4.72. The van der Waals surface area contributed by atoms with E-state index in [4.69, 9.17) is 5.73 Å². The summed E-state index contributed by atoms with van der Waals surface area (Å²) in [6, 6.07) is -1.29. The topological polar surface area (TPSA) is 162 Å². The molecule has 6 atom stereocenters. The molecule has 0 spiro atoms. The highest BCUT2D eigenvalue weighted by molar-refractivity contribution is 8.03. The fraction of sp³-hybridized carbons (Fsp3) is 0.650. The van der Waals surface area contributed by atoms with Crippen LogP contribution in [0.1, 0.15) is 26.7 Å². The van der Waals surface area contributed by atoms with Gasteiger partial charge in [0.1, 0.15) is 12.1 Å². The molecule has 0 aliphatic carbocycles. The van der Waals surface area contributed by atoms with Gasteiger partial charge in [-0.1, -0.05) is 6.92 Å². The summed E-state index contributed by atoms with van der Waals surface area (Å²) < 4.78 is 0. The molecule has 5 N–H and O–H groups in total. The van der Waals surface area contributed by atoms with Crippen LogP contribution in [0.4, 0.5) is 0 Å². The summed E-state index contributed by atoms with van der Waals surface area (Å²) in [5.74, 6) is -3.75. The number of likely N-dealkylation sites (N-methyl/N-ethyl adjacent to an activating group) is 1. The monoisotopic (exact) mass is 467 g/mol. The number of rotatable bonds is 8. The number of β-lactam (4-membered cyclic amide) rings is 1. The first-order chi connectivity index (χ1) is 14.9. The molecule has 0 aromatic rings. The summed E-state index contributed by atoms with van der Waals surface area (Å²) in [6.45, 7) is 4.09. The lowest BCUT2D eigenvalue weighted by Crippen LogP contribution is -2.66. The Morgan fingerprint density at radius 2 is 2.00 bits per heavy atom. The number of nitrogens with two attached hydrogens (primary N) is 1. The predicted octanol–water partition coefficient (Wildman–Crippen LogP) is -1.31. The van der Waals surface area contributed by atoms with E-state index in [2.05, 4.69) is 10.6 Å². The van der Waals surface area contributed by atoms with Gasteiger partial charge in [-0.2, -0.15) is 0 Å². The molecule has 11 nitrogen and oxygen atoms in total. The molecule has 1 unspecified atom stereocenters. The van der Waals surface area contributed by atoms with Crippen LogP contribution in [0.3, 0.4) is 0 Å². The Bertz CT molecular complexity index is 890. The number of nitrogens with one attached hydrogen (secondary N) is 2. The summed E-state index contributed by atoms with van der Waals surface area (Å²) in [5.41, 5.74) is 5.02. The molecule has 0 aromatic carbocycles. The third-order valence-corrected chi connectivity index (χ3v) is 7.69. The quantitative estimate of drug-likeness (QED) is 0.253. The van der Waals surface area contributed by atoms with E-state index in [9.17, 15) is 29.1 Å². The van der Waals surface area contributed by atoms with E-state index in [1.807, 2.05) is 6.92 Å². The lowest BCUT2D eigenvalue weighted by molar-refractivity contribution is -0.158.